The Morgan fingerprint density at radius 1 is 1.17 bits per heavy atom. The Morgan fingerprint density at radius 2 is 1.72 bits per heavy atom. The van der Waals surface area contributed by atoms with E-state index in [1.807, 2.05) is 6.20 Å². The summed E-state index contributed by atoms with van der Waals surface area (Å²) in [7, 11) is 0. The van der Waals surface area contributed by atoms with E-state index < -0.39 is 0 Å². The fourth-order valence-electron chi connectivity index (χ4n) is 1.72. The quantitative estimate of drug-likeness (QED) is 0.545. The van der Waals surface area contributed by atoms with E-state index in [1.165, 1.54) is 0 Å². The molecule has 0 saturated heterocycles. The molecule has 1 aromatic carbocycles. The van der Waals surface area contributed by atoms with Crippen molar-refractivity contribution in [3.8, 4) is 0 Å². The number of carbonyl (C=O) groups is 1. The molecule has 0 spiro atoms. The molecule has 0 aliphatic heterocycles. The maximum atomic E-state index is 11.9. The molecular weight excluding hydrogens is 246 g/mol. The van der Waals surface area contributed by atoms with Gasteiger partial charge in [-0.05, 0) is 37.1 Å². The van der Waals surface area contributed by atoms with Gasteiger partial charge in [-0.15, -0.1) is 0 Å². The fourth-order valence-corrected chi connectivity index (χ4v) is 1.84. The lowest BCUT2D eigenvalue weighted by molar-refractivity contribution is 0.104. The normalized spacial score (nSPS) is 10.8. The van der Waals surface area contributed by atoms with E-state index in [2.05, 4.69) is 18.7 Å². The zero-order valence-electron chi connectivity index (χ0n) is 11.0. The standard InChI is InChI=1S/C15H20ClNO/c1-3-10-17(11-4-2)12-9-15(18)13-5-7-14(16)8-6-13/h5-9,12H,3-4,10-11H2,1-2H3/b12-9-. The van der Waals surface area contributed by atoms with Crippen molar-refractivity contribution in [3.05, 3.63) is 47.1 Å². The molecule has 0 atom stereocenters. The number of rotatable bonds is 7. The minimum atomic E-state index is 0.0175. The van der Waals surface area contributed by atoms with Crippen LogP contribution in [-0.4, -0.2) is 23.8 Å². The molecule has 2 nitrogen and oxygen atoms in total. The van der Waals surface area contributed by atoms with Gasteiger partial charge in [0.15, 0.2) is 5.78 Å². The highest BCUT2D eigenvalue weighted by atomic mass is 35.5. The van der Waals surface area contributed by atoms with Crippen LogP contribution in [0.15, 0.2) is 36.5 Å². The topological polar surface area (TPSA) is 20.3 Å². The Kier molecular flexibility index (Phi) is 6.51. The highest BCUT2D eigenvalue weighted by molar-refractivity contribution is 6.30. The molecule has 98 valence electrons. The van der Waals surface area contributed by atoms with Crippen molar-refractivity contribution in [2.45, 2.75) is 26.7 Å². The molecular formula is C15H20ClNO. The smallest absolute Gasteiger partial charge is 0.187 e. The van der Waals surface area contributed by atoms with Crippen molar-refractivity contribution >= 4 is 17.4 Å². The number of carbonyl (C=O) groups excluding carboxylic acids is 1. The number of hydrogen-bond acceptors (Lipinski definition) is 2. The van der Waals surface area contributed by atoms with Crippen LogP contribution in [0.5, 0.6) is 0 Å². The van der Waals surface area contributed by atoms with Crippen LogP contribution in [-0.2, 0) is 0 Å². The summed E-state index contributed by atoms with van der Waals surface area (Å²) in [6.07, 6.45) is 5.69. The van der Waals surface area contributed by atoms with Crippen molar-refractivity contribution in [1.29, 1.82) is 0 Å². The summed E-state index contributed by atoms with van der Waals surface area (Å²) in [5, 5.41) is 0.647. The summed E-state index contributed by atoms with van der Waals surface area (Å²) in [5.41, 5.74) is 0.670. The van der Waals surface area contributed by atoms with Gasteiger partial charge in [-0.2, -0.15) is 0 Å². The van der Waals surface area contributed by atoms with Crippen LogP contribution in [0.1, 0.15) is 37.0 Å². The first-order chi connectivity index (χ1) is 8.67. The average Bonchev–Trinajstić information content (AvgIpc) is 2.37. The van der Waals surface area contributed by atoms with E-state index >= 15 is 0 Å². The molecule has 0 unspecified atom stereocenters. The van der Waals surface area contributed by atoms with Gasteiger partial charge >= 0.3 is 0 Å². The van der Waals surface area contributed by atoms with Crippen LogP contribution in [0, 0.1) is 0 Å². The zero-order valence-corrected chi connectivity index (χ0v) is 11.8. The van der Waals surface area contributed by atoms with Crippen molar-refractivity contribution < 1.29 is 4.79 Å². The van der Waals surface area contributed by atoms with Gasteiger partial charge in [0.05, 0.1) is 0 Å². The van der Waals surface area contributed by atoms with Gasteiger partial charge in [-0.25, -0.2) is 0 Å². The second kappa shape index (κ2) is 7.93. The lowest BCUT2D eigenvalue weighted by Gasteiger charge is -2.18. The minimum Gasteiger partial charge on any atom is -0.377 e. The van der Waals surface area contributed by atoms with E-state index in [-0.39, 0.29) is 5.78 Å². The summed E-state index contributed by atoms with van der Waals surface area (Å²) >= 11 is 5.79. The largest absolute Gasteiger partial charge is 0.377 e. The Labute approximate surface area is 114 Å². The summed E-state index contributed by atoms with van der Waals surface area (Å²) in [5.74, 6) is 0.0175. The first-order valence-corrected chi connectivity index (χ1v) is 6.77. The average molecular weight is 266 g/mol. The zero-order chi connectivity index (χ0) is 13.4. The maximum Gasteiger partial charge on any atom is 0.187 e. The SMILES string of the molecule is CCCN(/C=C\C(=O)c1ccc(Cl)cc1)CCC. The monoisotopic (exact) mass is 265 g/mol. The molecule has 0 fully saturated rings. The lowest BCUT2D eigenvalue weighted by atomic mass is 10.1. The summed E-state index contributed by atoms with van der Waals surface area (Å²) in [4.78, 5) is 14.1. The van der Waals surface area contributed by atoms with Gasteiger partial charge in [0.2, 0.25) is 0 Å². The molecule has 0 bridgehead atoms. The molecule has 1 rings (SSSR count). The number of ketones is 1. The van der Waals surface area contributed by atoms with Gasteiger partial charge in [0.1, 0.15) is 0 Å². The van der Waals surface area contributed by atoms with Gasteiger partial charge in [-0.3, -0.25) is 4.79 Å². The van der Waals surface area contributed by atoms with Gasteiger partial charge in [0, 0.05) is 36.0 Å². The number of hydrogen-bond donors (Lipinski definition) is 0. The first-order valence-electron chi connectivity index (χ1n) is 6.39. The van der Waals surface area contributed by atoms with Crippen molar-refractivity contribution in [2.75, 3.05) is 13.1 Å². The van der Waals surface area contributed by atoms with E-state index in [0.717, 1.165) is 25.9 Å². The summed E-state index contributed by atoms with van der Waals surface area (Å²) in [6, 6.07) is 6.97. The molecule has 0 amide bonds. The number of benzene rings is 1. The molecule has 0 aliphatic carbocycles. The highest BCUT2D eigenvalue weighted by Gasteiger charge is 2.02. The van der Waals surface area contributed by atoms with Gasteiger partial charge in [-0.1, -0.05) is 25.4 Å². The molecule has 0 aliphatic rings. The lowest BCUT2D eigenvalue weighted by Crippen LogP contribution is -2.19. The third-order valence-electron chi connectivity index (χ3n) is 2.59. The van der Waals surface area contributed by atoms with Crippen LogP contribution in [0.3, 0.4) is 0 Å². The second-order valence-electron chi connectivity index (χ2n) is 4.22. The molecule has 0 aromatic heterocycles. The molecule has 0 heterocycles. The minimum absolute atomic E-state index is 0.0175. The van der Waals surface area contributed by atoms with E-state index in [0.29, 0.717) is 10.6 Å². The van der Waals surface area contributed by atoms with Gasteiger partial charge < -0.3 is 4.90 Å². The van der Waals surface area contributed by atoms with Crippen molar-refractivity contribution in [3.63, 3.8) is 0 Å². The number of nitrogens with zero attached hydrogens (tertiary/aromatic N) is 1. The van der Waals surface area contributed by atoms with Crippen LogP contribution in [0.25, 0.3) is 0 Å². The van der Waals surface area contributed by atoms with E-state index in [4.69, 9.17) is 11.6 Å². The maximum absolute atomic E-state index is 11.9. The van der Waals surface area contributed by atoms with Crippen LogP contribution in [0.2, 0.25) is 5.02 Å². The molecule has 18 heavy (non-hydrogen) atoms. The highest BCUT2D eigenvalue weighted by Crippen LogP contribution is 2.10. The van der Waals surface area contributed by atoms with E-state index in [1.54, 1.807) is 30.3 Å². The second-order valence-corrected chi connectivity index (χ2v) is 4.66. The Hall–Kier alpha value is -1.28. The Morgan fingerprint density at radius 3 is 2.22 bits per heavy atom. The Bertz CT molecular complexity index is 391. The molecule has 1 aromatic rings. The number of halogens is 1. The van der Waals surface area contributed by atoms with Crippen molar-refractivity contribution in [2.24, 2.45) is 0 Å². The third-order valence-corrected chi connectivity index (χ3v) is 2.84. The molecule has 3 heteroatoms. The van der Waals surface area contributed by atoms with Gasteiger partial charge in [0.25, 0.3) is 0 Å². The first kappa shape index (κ1) is 14.8. The fraction of sp³-hybridized carbons (Fsp3) is 0.400. The van der Waals surface area contributed by atoms with E-state index in [9.17, 15) is 4.79 Å². The van der Waals surface area contributed by atoms with Crippen LogP contribution in [0.4, 0.5) is 0 Å². The predicted molar refractivity (Wildman–Crippen MR) is 77.1 cm³/mol. The molecule has 0 radical (unpaired) electrons. The third kappa shape index (κ3) is 4.92. The number of allylic oxidation sites excluding steroid dienone is 1. The van der Waals surface area contributed by atoms with Crippen LogP contribution >= 0.6 is 11.6 Å². The Balaban J connectivity index is 2.64. The molecule has 0 N–H and O–H groups in total. The summed E-state index contributed by atoms with van der Waals surface area (Å²) < 4.78 is 0. The predicted octanol–water partition coefficient (Wildman–Crippen LogP) is 4.16. The molecule has 0 saturated carbocycles. The summed E-state index contributed by atoms with van der Waals surface area (Å²) in [6.45, 7) is 6.24. The van der Waals surface area contributed by atoms with Crippen LogP contribution < -0.4 is 0 Å². The van der Waals surface area contributed by atoms with Crippen molar-refractivity contribution in [1.82, 2.24) is 4.90 Å².